The molecule has 0 aromatic carbocycles. The molecular weight excluding hydrogens is 365 g/mol. The number of carbonyl (C=O) groups excluding carboxylic acids is 1. The molecule has 0 fully saturated rings. The van der Waals surface area contributed by atoms with E-state index in [1.807, 2.05) is 6.92 Å². The molecule has 1 aromatic rings. The van der Waals surface area contributed by atoms with Gasteiger partial charge in [0.15, 0.2) is 0 Å². The molecule has 0 saturated carbocycles. The fraction of sp³-hybridized carbons (Fsp3) is 0.444. The van der Waals surface area contributed by atoms with Gasteiger partial charge in [0.25, 0.3) is 5.91 Å². The molecule has 1 unspecified atom stereocenters. The fourth-order valence-corrected chi connectivity index (χ4v) is 2.99. The van der Waals surface area contributed by atoms with Gasteiger partial charge in [-0.15, -0.1) is 22.9 Å². The molecule has 0 bridgehead atoms. The van der Waals surface area contributed by atoms with E-state index < -0.39 is 0 Å². The van der Waals surface area contributed by atoms with Gasteiger partial charge in [0.1, 0.15) is 0 Å². The lowest BCUT2D eigenvalue weighted by molar-refractivity contribution is 0.0957. The monoisotopic (exact) mass is 373 g/mol. The Hall–Kier alpha value is 0.420. The summed E-state index contributed by atoms with van der Waals surface area (Å²) in [6.07, 6.45) is 0.779. The maximum atomic E-state index is 11.6. The van der Waals surface area contributed by atoms with Gasteiger partial charge in [-0.05, 0) is 51.3 Å². The van der Waals surface area contributed by atoms with E-state index >= 15 is 0 Å². The number of thiophene rings is 1. The molecule has 0 aliphatic rings. The normalized spacial score (nSPS) is 12.5. The quantitative estimate of drug-likeness (QED) is 0.792. The third-order valence-corrected chi connectivity index (χ3v) is 5.17. The van der Waals surface area contributed by atoms with Crippen molar-refractivity contribution in [2.24, 2.45) is 0 Å². The summed E-state index contributed by atoms with van der Waals surface area (Å²) in [5, 5.41) is 2.91. The van der Waals surface area contributed by atoms with Gasteiger partial charge < -0.3 is 5.32 Å². The van der Waals surface area contributed by atoms with Crippen LogP contribution < -0.4 is 5.32 Å². The first kappa shape index (κ1) is 13.5. The third kappa shape index (κ3) is 4.43. The Bertz CT molecular complexity index is 334. The van der Waals surface area contributed by atoms with Crippen LogP contribution in [0.25, 0.3) is 0 Å². The molecule has 1 aromatic heterocycles. The number of alkyl halides is 1. The van der Waals surface area contributed by atoms with Crippen molar-refractivity contribution in [1.82, 2.24) is 5.32 Å². The Morgan fingerprint density at radius 2 is 2.33 bits per heavy atom. The molecule has 2 nitrogen and oxygen atoms in total. The second-order valence-electron chi connectivity index (χ2n) is 3.06. The molecule has 0 aliphatic carbocycles. The zero-order valence-corrected chi connectivity index (χ0v) is 12.8. The number of halogens is 3. The second-order valence-corrected chi connectivity index (χ2v) is 7.03. The standard InChI is InChI=1S/C9H10Br2ClNOS/c1-5(12)2-3-13-9(14)7-4-6(10)8(11)15-7/h4-5H,2-3H2,1H3,(H,13,14). The average molecular weight is 376 g/mol. The molecule has 15 heavy (non-hydrogen) atoms. The minimum atomic E-state index is -0.0521. The van der Waals surface area contributed by atoms with Gasteiger partial charge in [-0.25, -0.2) is 0 Å². The highest BCUT2D eigenvalue weighted by Crippen LogP contribution is 2.32. The summed E-state index contributed by atoms with van der Waals surface area (Å²) in [6, 6.07) is 1.80. The minimum Gasteiger partial charge on any atom is -0.351 e. The number of rotatable bonds is 4. The van der Waals surface area contributed by atoms with E-state index in [0.717, 1.165) is 14.7 Å². The van der Waals surface area contributed by atoms with Gasteiger partial charge in [-0.2, -0.15) is 0 Å². The van der Waals surface area contributed by atoms with Crippen molar-refractivity contribution in [3.05, 3.63) is 19.2 Å². The lowest BCUT2D eigenvalue weighted by atomic mass is 10.3. The number of hydrogen-bond acceptors (Lipinski definition) is 2. The van der Waals surface area contributed by atoms with Crippen LogP contribution >= 0.6 is 54.8 Å². The van der Waals surface area contributed by atoms with Gasteiger partial charge in [-0.1, -0.05) is 0 Å². The van der Waals surface area contributed by atoms with Crippen LogP contribution in [0.15, 0.2) is 14.3 Å². The van der Waals surface area contributed by atoms with Crippen molar-refractivity contribution in [1.29, 1.82) is 0 Å². The molecule has 1 atom stereocenters. The SMILES string of the molecule is CC(Cl)CCNC(=O)c1cc(Br)c(Br)s1. The zero-order valence-electron chi connectivity index (χ0n) is 8.02. The number of amides is 1. The van der Waals surface area contributed by atoms with Crippen LogP contribution in [0.4, 0.5) is 0 Å². The summed E-state index contributed by atoms with van der Waals surface area (Å²) >= 11 is 13.9. The predicted octanol–water partition coefficient (Wildman–Crippen LogP) is 4.02. The smallest absolute Gasteiger partial charge is 0.261 e. The van der Waals surface area contributed by atoms with E-state index in [-0.39, 0.29) is 11.3 Å². The van der Waals surface area contributed by atoms with Crippen molar-refractivity contribution in [2.45, 2.75) is 18.7 Å². The zero-order chi connectivity index (χ0) is 11.4. The minimum absolute atomic E-state index is 0.0521. The highest BCUT2D eigenvalue weighted by atomic mass is 79.9. The lowest BCUT2D eigenvalue weighted by Crippen LogP contribution is -2.24. The van der Waals surface area contributed by atoms with E-state index in [4.69, 9.17) is 11.6 Å². The second kappa shape index (κ2) is 6.23. The Labute approximate surface area is 115 Å². The number of nitrogens with one attached hydrogen (secondary N) is 1. The largest absolute Gasteiger partial charge is 0.351 e. The first-order valence-electron chi connectivity index (χ1n) is 4.38. The van der Waals surface area contributed by atoms with Gasteiger partial charge in [0.05, 0.1) is 8.66 Å². The van der Waals surface area contributed by atoms with Crippen molar-refractivity contribution in [3.63, 3.8) is 0 Å². The van der Waals surface area contributed by atoms with E-state index in [1.165, 1.54) is 11.3 Å². The molecular formula is C9H10Br2ClNOS. The van der Waals surface area contributed by atoms with Crippen molar-refractivity contribution in [2.75, 3.05) is 6.54 Å². The van der Waals surface area contributed by atoms with Crippen molar-refractivity contribution in [3.8, 4) is 0 Å². The molecule has 1 rings (SSSR count). The van der Waals surface area contributed by atoms with Crippen molar-refractivity contribution >= 4 is 60.7 Å². The topological polar surface area (TPSA) is 29.1 Å². The first-order chi connectivity index (χ1) is 7.00. The molecule has 0 saturated heterocycles. The summed E-state index contributed by atoms with van der Waals surface area (Å²) in [6.45, 7) is 2.52. The predicted molar refractivity (Wildman–Crippen MR) is 72.0 cm³/mol. The van der Waals surface area contributed by atoms with E-state index in [9.17, 15) is 4.79 Å². The van der Waals surface area contributed by atoms with Crippen LogP contribution in [0.5, 0.6) is 0 Å². The van der Waals surface area contributed by atoms with E-state index in [2.05, 4.69) is 37.2 Å². The van der Waals surface area contributed by atoms with Gasteiger partial charge in [0.2, 0.25) is 0 Å². The maximum absolute atomic E-state index is 11.6. The molecule has 6 heteroatoms. The van der Waals surface area contributed by atoms with Gasteiger partial charge in [-0.3, -0.25) is 4.79 Å². The van der Waals surface area contributed by atoms with E-state index in [0.29, 0.717) is 11.4 Å². The van der Waals surface area contributed by atoms with Crippen LogP contribution in [0, 0.1) is 0 Å². The van der Waals surface area contributed by atoms with Crippen LogP contribution in [-0.2, 0) is 0 Å². The fourth-order valence-electron chi connectivity index (χ4n) is 0.930. The molecule has 0 spiro atoms. The van der Waals surface area contributed by atoms with Crippen LogP contribution in [-0.4, -0.2) is 17.8 Å². The third-order valence-electron chi connectivity index (χ3n) is 1.70. The van der Waals surface area contributed by atoms with E-state index in [1.54, 1.807) is 6.07 Å². The van der Waals surface area contributed by atoms with Crippen LogP contribution in [0.3, 0.4) is 0 Å². The Kier molecular flexibility index (Phi) is 5.60. The summed E-state index contributed by atoms with van der Waals surface area (Å²) in [7, 11) is 0. The highest BCUT2D eigenvalue weighted by molar-refractivity contribution is 9.13. The maximum Gasteiger partial charge on any atom is 0.261 e. The molecule has 1 heterocycles. The first-order valence-corrected chi connectivity index (χ1v) is 7.21. The summed E-state index contributed by atoms with van der Waals surface area (Å²) in [5.41, 5.74) is 0. The summed E-state index contributed by atoms with van der Waals surface area (Å²) < 4.78 is 1.83. The molecule has 1 amide bonds. The lowest BCUT2D eigenvalue weighted by Gasteiger charge is -2.04. The number of hydrogen-bond donors (Lipinski definition) is 1. The summed E-state index contributed by atoms with van der Waals surface area (Å²) in [5.74, 6) is -0.0521. The average Bonchev–Trinajstić information content (AvgIpc) is 2.46. The van der Waals surface area contributed by atoms with Gasteiger partial charge in [0, 0.05) is 16.4 Å². The molecule has 84 valence electrons. The highest BCUT2D eigenvalue weighted by Gasteiger charge is 2.11. The Morgan fingerprint density at radius 3 is 2.80 bits per heavy atom. The Balaban J connectivity index is 2.47. The summed E-state index contributed by atoms with van der Waals surface area (Å²) in [4.78, 5) is 12.3. The molecule has 0 aliphatic heterocycles. The number of carbonyl (C=O) groups is 1. The van der Waals surface area contributed by atoms with Gasteiger partial charge >= 0.3 is 0 Å². The van der Waals surface area contributed by atoms with Crippen LogP contribution in [0.2, 0.25) is 0 Å². The van der Waals surface area contributed by atoms with Crippen LogP contribution in [0.1, 0.15) is 23.0 Å². The molecule has 1 N–H and O–H groups in total. The van der Waals surface area contributed by atoms with Crippen molar-refractivity contribution < 1.29 is 4.79 Å². The Morgan fingerprint density at radius 1 is 1.67 bits per heavy atom. The molecule has 0 radical (unpaired) electrons.